The molecule has 0 radical (unpaired) electrons. The minimum absolute atomic E-state index is 0.317. The molecule has 0 N–H and O–H groups in total. The summed E-state index contributed by atoms with van der Waals surface area (Å²) >= 11 is 0. The van der Waals surface area contributed by atoms with E-state index in [9.17, 15) is 4.79 Å². The maximum absolute atomic E-state index is 12.4. The second-order valence-electron chi connectivity index (χ2n) is 9.74. The lowest BCUT2D eigenvalue weighted by Crippen LogP contribution is -2.04. The van der Waals surface area contributed by atoms with Crippen molar-refractivity contribution in [3.63, 3.8) is 0 Å². The monoisotopic (exact) mass is 574 g/mol. The van der Waals surface area contributed by atoms with Crippen molar-refractivity contribution in [3.05, 3.63) is 109 Å². The lowest BCUT2D eigenvalue weighted by atomic mass is 9.84. The second kappa shape index (κ2) is 13.2. The highest BCUT2D eigenvalue weighted by molar-refractivity contribution is 6.01. The molecular weight excluding hydrogens is 540 g/mol. The third-order valence-corrected chi connectivity index (χ3v) is 7.35. The molecule has 0 fully saturated rings. The summed E-state index contributed by atoms with van der Waals surface area (Å²) in [7, 11) is 6.66. The molecule has 5 aromatic carbocycles. The molecule has 0 saturated carbocycles. The predicted octanol–water partition coefficient (Wildman–Crippen LogP) is 8.57. The highest BCUT2D eigenvalue weighted by Crippen LogP contribution is 2.50. The summed E-state index contributed by atoms with van der Waals surface area (Å²) in [6.07, 6.45) is 0. The van der Waals surface area contributed by atoms with E-state index < -0.39 is 0 Å². The Morgan fingerprint density at radius 2 is 0.884 bits per heavy atom. The first-order chi connectivity index (χ1) is 21.0. The molecule has 0 aromatic heterocycles. The van der Waals surface area contributed by atoms with Crippen LogP contribution in [0, 0.1) is 0 Å². The number of methoxy groups -OCH3 is 4. The van der Waals surface area contributed by atoms with Gasteiger partial charge in [-0.1, -0.05) is 48.5 Å². The van der Waals surface area contributed by atoms with E-state index in [0.29, 0.717) is 17.9 Å². The maximum Gasteiger partial charge on any atom is 0.338 e. The highest BCUT2D eigenvalue weighted by Gasteiger charge is 2.24. The van der Waals surface area contributed by atoms with Crippen molar-refractivity contribution >= 4 is 5.97 Å². The number of carbonyl (C=O) groups is 1. The van der Waals surface area contributed by atoms with Crippen LogP contribution in [0.2, 0.25) is 0 Å². The van der Waals surface area contributed by atoms with Crippen LogP contribution in [0.4, 0.5) is 0 Å². The first-order valence-electron chi connectivity index (χ1n) is 14.0. The van der Waals surface area contributed by atoms with Gasteiger partial charge in [0.2, 0.25) is 0 Å². The average molecular weight is 575 g/mol. The zero-order valence-corrected chi connectivity index (χ0v) is 25.0. The smallest absolute Gasteiger partial charge is 0.338 e. The molecular formula is C37H34O6. The van der Waals surface area contributed by atoms with Crippen LogP contribution >= 0.6 is 0 Å². The third kappa shape index (κ3) is 6.04. The fraction of sp³-hybridized carbons (Fsp3) is 0.162. The molecule has 0 spiro atoms. The van der Waals surface area contributed by atoms with Gasteiger partial charge in [-0.2, -0.15) is 0 Å². The van der Waals surface area contributed by atoms with E-state index in [1.54, 1.807) is 47.5 Å². The topological polar surface area (TPSA) is 63.2 Å². The first-order valence-corrected chi connectivity index (χ1v) is 14.0. The van der Waals surface area contributed by atoms with Crippen molar-refractivity contribution in [2.45, 2.75) is 6.92 Å². The summed E-state index contributed by atoms with van der Waals surface area (Å²) in [4.78, 5) is 12.4. The summed E-state index contributed by atoms with van der Waals surface area (Å²) in [5, 5.41) is 0. The van der Waals surface area contributed by atoms with Crippen molar-refractivity contribution in [2.75, 3.05) is 35.0 Å². The summed E-state index contributed by atoms with van der Waals surface area (Å²) in [6, 6.07) is 33.5. The van der Waals surface area contributed by atoms with Crippen LogP contribution in [0.25, 0.3) is 44.5 Å². The molecule has 0 atom stereocenters. The van der Waals surface area contributed by atoms with E-state index in [4.69, 9.17) is 23.7 Å². The normalized spacial score (nSPS) is 10.6. The van der Waals surface area contributed by atoms with Gasteiger partial charge < -0.3 is 23.7 Å². The highest BCUT2D eigenvalue weighted by atomic mass is 16.5. The molecule has 6 nitrogen and oxygen atoms in total. The summed E-state index contributed by atoms with van der Waals surface area (Å²) in [5.74, 6) is 2.66. The van der Waals surface area contributed by atoms with Gasteiger partial charge in [0.15, 0.2) is 0 Å². The Labute approximate surface area is 252 Å². The van der Waals surface area contributed by atoms with Crippen LogP contribution in [0.5, 0.6) is 23.0 Å². The molecule has 218 valence electrons. The molecule has 0 saturated heterocycles. The quantitative estimate of drug-likeness (QED) is 0.156. The van der Waals surface area contributed by atoms with Gasteiger partial charge in [-0.25, -0.2) is 4.79 Å². The number of carbonyl (C=O) groups excluding carboxylic acids is 1. The Balaban J connectivity index is 1.84. The van der Waals surface area contributed by atoms with Crippen LogP contribution in [0.3, 0.4) is 0 Å². The molecule has 0 aliphatic carbocycles. The average Bonchev–Trinajstić information content (AvgIpc) is 3.07. The van der Waals surface area contributed by atoms with E-state index in [0.717, 1.165) is 61.8 Å². The summed E-state index contributed by atoms with van der Waals surface area (Å²) in [5.41, 5.74) is 8.12. The van der Waals surface area contributed by atoms with Crippen molar-refractivity contribution in [2.24, 2.45) is 0 Å². The Kier molecular flexibility index (Phi) is 8.96. The van der Waals surface area contributed by atoms with E-state index in [-0.39, 0.29) is 5.97 Å². The second-order valence-corrected chi connectivity index (χ2v) is 9.74. The number of benzene rings is 5. The SMILES string of the molecule is CCOC(=O)c1ccc(-c2cc(-c3ccc(OC)cc3)c(-c3ccc(OC)cc3)c(OC)c2-c2ccc(OC)cc2)cc1. The number of hydrogen-bond donors (Lipinski definition) is 0. The van der Waals surface area contributed by atoms with Gasteiger partial charge in [0, 0.05) is 11.1 Å². The van der Waals surface area contributed by atoms with Gasteiger partial charge >= 0.3 is 5.97 Å². The van der Waals surface area contributed by atoms with Crippen molar-refractivity contribution in [1.29, 1.82) is 0 Å². The predicted molar refractivity (Wildman–Crippen MR) is 170 cm³/mol. The molecule has 0 amide bonds. The number of hydrogen-bond acceptors (Lipinski definition) is 6. The number of esters is 1. The molecule has 0 aliphatic rings. The molecule has 0 unspecified atom stereocenters. The first kappa shape index (κ1) is 29.3. The standard InChI is InChI=1S/C37H34O6/c1-6-43-37(38)28-9-7-24(8-10-28)32-23-33(25-11-17-29(39-2)18-12-25)35(27-15-21-31(41-4)22-16-27)36(42-5)34(32)26-13-19-30(40-3)20-14-26/h7-23H,6H2,1-5H3. The Morgan fingerprint density at radius 3 is 1.23 bits per heavy atom. The van der Waals surface area contributed by atoms with E-state index in [1.165, 1.54) is 0 Å². The lowest BCUT2D eigenvalue weighted by molar-refractivity contribution is 0.0526. The van der Waals surface area contributed by atoms with Gasteiger partial charge in [0.1, 0.15) is 23.0 Å². The fourth-order valence-electron chi connectivity index (χ4n) is 5.18. The van der Waals surface area contributed by atoms with Gasteiger partial charge in [0.25, 0.3) is 0 Å². The zero-order valence-electron chi connectivity index (χ0n) is 25.0. The van der Waals surface area contributed by atoms with Gasteiger partial charge in [-0.3, -0.25) is 0 Å². The van der Waals surface area contributed by atoms with Crippen molar-refractivity contribution in [1.82, 2.24) is 0 Å². The summed E-state index contributed by atoms with van der Waals surface area (Å²) in [6.45, 7) is 2.11. The molecule has 43 heavy (non-hydrogen) atoms. The third-order valence-electron chi connectivity index (χ3n) is 7.35. The lowest BCUT2D eigenvalue weighted by Gasteiger charge is -2.23. The van der Waals surface area contributed by atoms with Gasteiger partial charge in [-0.15, -0.1) is 0 Å². The number of ether oxygens (including phenoxy) is 5. The van der Waals surface area contributed by atoms with E-state index in [1.807, 2.05) is 84.9 Å². The Hall–Kier alpha value is -5.23. The van der Waals surface area contributed by atoms with Crippen LogP contribution in [-0.4, -0.2) is 41.0 Å². The van der Waals surface area contributed by atoms with E-state index in [2.05, 4.69) is 6.07 Å². The Morgan fingerprint density at radius 1 is 0.512 bits per heavy atom. The minimum atomic E-state index is -0.351. The van der Waals surface area contributed by atoms with E-state index >= 15 is 0 Å². The Bertz CT molecular complexity index is 1690. The van der Waals surface area contributed by atoms with Crippen molar-refractivity contribution < 1.29 is 28.5 Å². The fourth-order valence-corrected chi connectivity index (χ4v) is 5.18. The van der Waals surface area contributed by atoms with Crippen molar-refractivity contribution in [3.8, 4) is 67.5 Å². The molecule has 5 aromatic rings. The maximum atomic E-state index is 12.4. The van der Waals surface area contributed by atoms with Crippen LogP contribution < -0.4 is 18.9 Å². The van der Waals surface area contributed by atoms with Crippen LogP contribution in [-0.2, 0) is 4.74 Å². The van der Waals surface area contributed by atoms with Crippen LogP contribution in [0.1, 0.15) is 17.3 Å². The van der Waals surface area contributed by atoms with Crippen LogP contribution in [0.15, 0.2) is 103 Å². The largest absolute Gasteiger partial charge is 0.497 e. The molecule has 6 heteroatoms. The summed E-state index contributed by atoms with van der Waals surface area (Å²) < 4.78 is 27.8. The molecule has 0 heterocycles. The number of rotatable bonds is 10. The molecule has 0 aliphatic heterocycles. The minimum Gasteiger partial charge on any atom is -0.497 e. The van der Waals surface area contributed by atoms with Gasteiger partial charge in [-0.05, 0) is 94.9 Å². The zero-order chi connectivity index (χ0) is 30.3. The molecule has 0 bridgehead atoms. The molecule has 5 rings (SSSR count). The van der Waals surface area contributed by atoms with Gasteiger partial charge in [0.05, 0.1) is 40.6 Å².